The average molecular weight is 343 g/mol. The fourth-order valence-corrected chi connectivity index (χ4v) is 4.09. The van der Waals surface area contributed by atoms with Gasteiger partial charge in [0.15, 0.2) is 0 Å². The average Bonchev–Trinajstić information content (AvgIpc) is 3.21. The predicted octanol–water partition coefficient (Wildman–Crippen LogP) is 4.65. The molecule has 1 aromatic heterocycles. The molecule has 2 aliphatic heterocycles. The Kier molecular flexibility index (Phi) is 3.56. The molecular formula is C22H21N3O. The van der Waals surface area contributed by atoms with E-state index in [-0.39, 0.29) is 5.91 Å². The maximum absolute atomic E-state index is 12.6. The normalized spacial score (nSPS) is 18.4. The molecule has 0 atom stereocenters. The van der Waals surface area contributed by atoms with Gasteiger partial charge >= 0.3 is 0 Å². The van der Waals surface area contributed by atoms with Crippen LogP contribution in [0.25, 0.3) is 22.6 Å². The number of benzene rings is 2. The number of piperidine rings is 1. The Labute approximate surface area is 152 Å². The summed E-state index contributed by atoms with van der Waals surface area (Å²) < 4.78 is 0. The standard InChI is InChI=1S/C22H21N3O/c26-22-18(16-9-3-5-11-20(16)24-22)14-17-15-8-2-4-10-19(15)23-21(17)25-12-6-1-7-13-25/h2-5,8-11,14,23H,1,6-7,12-13H2,(H,24,26)/b18-14-. The van der Waals surface area contributed by atoms with E-state index in [0.29, 0.717) is 0 Å². The summed E-state index contributed by atoms with van der Waals surface area (Å²) in [4.78, 5) is 18.6. The number of carbonyl (C=O) groups is 1. The SMILES string of the molecule is O=C1Nc2ccccc2/C1=C/c1c(N2CCCCC2)[nH]c2ccccc12. The molecule has 4 heteroatoms. The van der Waals surface area contributed by atoms with Crippen molar-refractivity contribution in [3.8, 4) is 0 Å². The van der Waals surface area contributed by atoms with Crippen LogP contribution < -0.4 is 10.2 Å². The number of hydrogen-bond acceptors (Lipinski definition) is 2. The van der Waals surface area contributed by atoms with E-state index >= 15 is 0 Å². The number of fused-ring (bicyclic) bond motifs is 2. The molecule has 0 spiro atoms. The second kappa shape index (κ2) is 6.06. The van der Waals surface area contributed by atoms with Gasteiger partial charge in [-0.1, -0.05) is 36.4 Å². The molecule has 3 aromatic rings. The van der Waals surface area contributed by atoms with Crippen molar-refractivity contribution in [2.24, 2.45) is 0 Å². The van der Waals surface area contributed by atoms with Crippen molar-refractivity contribution in [2.75, 3.05) is 23.3 Å². The highest BCUT2D eigenvalue weighted by Gasteiger charge is 2.25. The zero-order valence-corrected chi connectivity index (χ0v) is 14.6. The van der Waals surface area contributed by atoms with E-state index in [1.807, 2.05) is 30.3 Å². The van der Waals surface area contributed by atoms with Gasteiger partial charge in [0.1, 0.15) is 5.82 Å². The smallest absolute Gasteiger partial charge is 0.256 e. The Morgan fingerprint density at radius 2 is 1.69 bits per heavy atom. The van der Waals surface area contributed by atoms with Crippen LogP contribution in [-0.4, -0.2) is 24.0 Å². The molecule has 0 bridgehead atoms. The lowest BCUT2D eigenvalue weighted by atomic mass is 10.0. The number of nitrogens with one attached hydrogen (secondary N) is 2. The fraction of sp³-hybridized carbons (Fsp3) is 0.227. The lowest BCUT2D eigenvalue weighted by Gasteiger charge is -2.28. The maximum Gasteiger partial charge on any atom is 0.256 e. The van der Waals surface area contributed by atoms with E-state index in [9.17, 15) is 4.79 Å². The molecule has 1 amide bonds. The van der Waals surface area contributed by atoms with Crippen LogP contribution in [0, 0.1) is 0 Å². The van der Waals surface area contributed by atoms with Crippen molar-refractivity contribution >= 4 is 40.0 Å². The number of aromatic nitrogens is 1. The van der Waals surface area contributed by atoms with E-state index in [1.165, 1.54) is 19.3 Å². The Balaban J connectivity index is 1.70. The number of aromatic amines is 1. The summed E-state index contributed by atoms with van der Waals surface area (Å²) in [6.45, 7) is 2.12. The highest BCUT2D eigenvalue weighted by molar-refractivity contribution is 6.35. The zero-order chi connectivity index (χ0) is 17.5. The van der Waals surface area contributed by atoms with Gasteiger partial charge in [-0.2, -0.15) is 0 Å². The summed E-state index contributed by atoms with van der Waals surface area (Å²) in [5, 5.41) is 4.14. The summed E-state index contributed by atoms with van der Waals surface area (Å²) in [7, 11) is 0. The minimum absolute atomic E-state index is 0.0268. The van der Waals surface area contributed by atoms with Gasteiger partial charge in [-0.3, -0.25) is 4.79 Å². The number of nitrogens with zero attached hydrogens (tertiary/aromatic N) is 1. The first-order valence-corrected chi connectivity index (χ1v) is 9.29. The molecule has 2 aromatic carbocycles. The fourth-order valence-electron chi connectivity index (χ4n) is 4.09. The third kappa shape index (κ3) is 2.41. The number of carbonyl (C=O) groups excluding carboxylic acids is 1. The van der Waals surface area contributed by atoms with E-state index in [0.717, 1.165) is 52.2 Å². The van der Waals surface area contributed by atoms with Gasteiger partial charge < -0.3 is 15.2 Å². The van der Waals surface area contributed by atoms with Crippen LogP contribution in [0.3, 0.4) is 0 Å². The van der Waals surface area contributed by atoms with Crippen LogP contribution in [0.2, 0.25) is 0 Å². The summed E-state index contributed by atoms with van der Waals surface area (Å²) in [5.41, 5.74) is 4.84. The summed E-state index contributed by atoms with van der Waals surface area (Å²) in [6.07, 6.45) is 5.79. The summed E-state index contributed by atoms with van der Waals surface area (Å²) >= 11 is 0. The lowest BCUT2D eigenvalue weighted by molar-refractivity contribution is -0.110. The van der Waals surface area contributed by atoms with Crippen LogP contribution in [0.5, 0.6) is 0 Å². The van der Waals surface area contributed by atoms with Gasteiger partial charge in [0.05, 0.1) is 0 Å². The van der Waals surface area contributed by atoms with Crippen molar-refractivity contribution < 1.29 is 4.79 Å². The van der Waals surface area contributed by atoms with Gasteiger partial charge in [0, 0.05) is 46.4 Å². The Hall–Kier alpha value is -3.01. The number of anilines is 2. The summed E-state index contributed by atoms with van der Waals surface area (Å²) in [5.74, 6) is 1.11. The Bertz CT molecular complexity index is 1020. The minimum atomic E-state index is -0.0268. The number of H-pyrrole nitrogens is 1. The molecule has 26 heavy (non-hydrogen) atoms. The topological polar surface area (TPSA) is 48.1 Å². The zero-order valence-electron chi connectivity index (χ0n) is 14.6. The van der Waals surface area contributed by atoms with Gasteiger partial charge in [-0.15, -0.1) is 0 Å². The van der Waals surface area contributed by atoms with Crippen LogP contribution in [-0.2, 0) is 4.79 Å². The molecule has 2 aliphatic rings. The van der Waals surface area contributed by atoms with E-state index < -0.39 is 0 Å². The van der Waals surface area contributed by atoms with Gasteiger partial charge in [0.2, 0.25) is 0 Å². The molecular weight excluding hydrogens is 322 g/mol. The first-order valence-electron chi connectivity index (χ1n) is 9.29. The molecule has 5 rings (SSSR count). The van der Waals surface area contributed by atoms with Crippen LogP contribution in [0.15, 0.2) is 48.5 Å². The first kappa shape index (κ1) is 15.3. The third-order valence-electron chi connectivity index (χ3n) is 5.40. The second-order valence-corrected chi connectivity index (χ2v) is 7.04. The van der Waals surface area contributed by atoms with Gasteiger partial charge in [-0.05, 0) is 37.5 Å². The van der Waals surface area contributed by atoms with Gasteiger partial charge in [-0.25, -0.2) is 0 Å². The van der Waals surface area contributed by atoms with E-state index in [4.69, 9.17) is 0 Å². The molecule has 130 valence electrons. The second-order valence-electron chi connectivity index (χ2n) is 7.04. The quantitative estimate of drug-likeness (QED) is 0.665. The summed E-state index contributed by atoms with van der Waals surface area (Å²) in [6, 6.07) is 16.2. The predicted molar refractivity (Wildman–Crippen MR) is 107 cm³/mol. The molecule has 0 unspecified atom stereocenters. The van der Waals surface area contributed by atoms with Crippen molar-refractivity contribution in [1.29, 1.82) is 0 Å². The van der Waals surface area contributed by atoms with Crippen molar-refractivity contribution in [3.63, 3.8) is 0 Å². The van der Waals surface area contributed by atoms with Crippen LogP contribution >= 0.6 is 0 Å². The molecule has 1 fully saturated rings. The largest absolute Gasteiger partial charge is 0.358 e. The lowest BCUT2D eigenvalue weighted by Crippen LogP contribution is -2.30. The van der Waals surface area contributed by atoms with E-state index in [2.05, 4.69) is 39.5 Å². The minimum Gasteiger partial charge on any atom is -0.358 e. The number of rotatable bonds is 2. The molecule has 0 saturated carbocycles. The van der Waals surface area contributed by atoms with Gasteiger partial charge in [0.25, 0.3) is 5.91 Å². The highest BCUT2D eigenvalue weighted by atomic mass is 16.2. The molecule has 0 aliphatic carbocycles. The highest BCUT2D eigenvalue weighted by Crippen LogP contribution is 2.37. The molecule has 1 saturated heterocycles. The number of amides is 1. The van der Waals surface area contributed by atoms with E-state index in [1.54, 1.807) is 0 Å². The van der Waals surface area contributed by atoms with Crippen molar-refractivity contribution in [3.05, 3.63) is 59.7 Å². The molecule has 4 nitrogen and oxygen atoms in total. The Morgan fingerprint density at radius 1 is 0.923 bits per heavy atom. The van der Waals surface area contributed by atoms with Crippen LogP contribution in [0.1, 0.15) is 30.4 Å². The monoisotopic (exact) mass is 343 g/mol. The molecule has 3 heterocycles. The number of hydrogen-bond donors (Lipinski definition) is 2. The molecule has 0 radical (unpaired) electrons. The number of para-hydroxylation sites is 2. The third-order valence-corrected chi connectivity index (χ3v) is 5.40. The van der Waals surface area contributed by atoms with Crippen LogP contribution in [0.4, 0.5) is 11.5 Å². The van der Waals surface area contributed by atoms with Crippen molar-refractivity contribution in [1.82, 2.24) is 4.98 Å². The first-order chi connectivity index (χ1) is 12.8. The molecule has 2 N–H and O–H groups in total. The van der Waals surface area contributed by atoms with Crippen molar-refractivity contribution in [2.45, 2.75) is 19.3 Å². The maximum atomic E-state index is 12.6. The Morgan fingerprint density at radius 3 is 2.58 bits per heavy atom.